The summed E-state index contributed by atoms with van der Waals surface area (Å²) in [5.74, 6) is -1.15. The molecule has 1 aromatic heterocycles. The monoisotopic (exact) mass is 930 g/mol. The van der Waals surface area contributed by atoms with Crippen LogP contribution in [0.4, 0.5) is 20.2 Å². The van der Waals surface area contributed by atoms with Gasteiger partial charge in [0.1, 0.15) is 11.9 Å². The molecule has 4 aliphatic heterocycles. The summed E-state index contributed by atoms with van der Waals surface area (Å²) in [6.45, 7) is 5.42. The van der Waals surface area contributed by atoms with Gasteiger partial charge in [0, 0.05) is 114 Å². The normalized spacial score (nSPS) is 20.8. The van der Waals surface area contributed by atoms with Crippen LogP contribution >= 0.6 is 0 Å². The van der Waals surface area contributed by atoms with E-state index in [1.54, 1.807) is 30.5 Å². The maximum absolute atomic E-state index is 14.6. The highest BCUT2D eigenvalue weighted by atomic mass is 19.3. The molecule has 0 bridgehead atoms. The van der Waals surface area contributed by atoms with Gasteiger partial charge < -0.3 is 36.1 Å². The Morgan fingerprint density at radius 3 is 2.36 bits per heavy atom. The minimum absolute atomic E-state index is 0.0505. The molecule has 0 aliphatic carbocycles. The van der Waals surface area contributed by atoms with E-state index in [0.29, 0.717) is 81.1 Å². The van der Waals surface area contributed by atoms with E-state index in [2.05, 4.69) is 21.3 Å². The molecule has 67 heavy (non-hydrogen) atoms. The number of alkyl halides is 2. The van der Waals surface area contributed by atoms with E-state index in [-0.39, 0.29) is 59.8 Å². The minimum atomic E-state index is -2.73. The van der Waals surface area contributed by atoms with Gasteiger partial charge in [0.25, 0.3) is 6.43 Å². The van der Waals surface area contributed by atoms with E-state index in [1.807, 2.05) is 34.1 Å². The average molecular weight is 930 g/mol. The van der Waals surface area contributed by atoms with Crippen LogP contribution in [0.2, 0.25) is 0 Å². The van der Waals surface area contributed by atoms with E-state index in [0.717, 1.165) is 81.1 Å². The number of amidine groups is 1. The molecule has 5 heterocycles. The number of benzene rings is 2. The first-order valence-corrected chi connectivity index (χ1v) is 24.3. The maximum atomic E-state index is 14.6. The van der Waals surface area contributed by atoms with Crippen molar-refractivity contribution >= 4 is 58.1 Å². The minimum Gasteiger partial charge on any atom is -0.383 e. The first-order valence-electron chi connectivity index (χ1n) is 24.3. The van der Waals surface area contributed by atoms with Crippen LogP contribution in [-0.2, 0) is 32.6 Å². The van der Waals surface area contributed by atoms with Crippen LogP contribution in [0.15, 0.2) is 35.1 Å². The third kappa shape index (κ3) is 11.3. The van der Waals surface area contributed by atoms with Crippen LogP contribution in [0, 0.1) is 16.7 Å². The molecule has 0 radical (unpaired) electrons. The topological polar surface area (TPSA) is 201 Å². The van der Waals surface area contributed by atoms with Crippen LogP contribution in [0.1, 0.15) is 125 Å². The molecule has 3 saturated heterocycles. The quantitative estimate of drug-likeness (QED) is 0.0384. The SMILES string of the molecule is CNCC(C=N)c1cc2c(cc1C(F)F)N(C(=N)C1CN(C(C)=O)CCC1NC1CCN(C(=O)CCCCCCCCNc3cccc4c3n(C)c(=O)n4C3CCC(=O)NC3=O)CC1)CCC2. The number of likely N-dealkylation sites (N-methyl/N-ethyl adjacent to an activating group) is 1. The summed E-state index contributed by atoms with van der Waals surface area (Å²) in [6.07, 6.45) is 9.05. The van der Waals surface area contributed by atoms with Gasteiger partial charge >= 0.3 is 5.69 Å². The van der Waals surface area contributed by atoms with Gasteiger partial charge in [-0.2, -0.15) is 0 Å². The molecule has 3 fully saturated rings. The second-order valence-corrected chi connectivity index (χ2v) is 18.8. The Labute approximate surface area is 391 Å². The molecule has 4 aliphatic rings. The highest BCUT2D eigenvalue weighted by Crippen LogP contribution is 2.38. The lowest BCUT2D eigenvalue weighted by Crippen LogP contribution is -2.59. The summed E-state index contributed by atoms with van der Waals surface area (Å²) in [5, 5.41) is 30.2. The first-order chi connectivity index (χ1) is 32.3. The Morgan fingerprint density at radius 2 is 1.66 bits per heavy atom. The number of amides is 4. The number of piperidine rings is 3. The van der Waals surface area contributed by atoms with Crippen molar-refractivity contribution in [2.24, 2.45) is 13.0 Å². The molecule has 4 atom stereocenters. The number of hydrogen-bond donors (Lipinski definition) is 6. The summed E-state index contributed by atoms with van der Waals surface area (Å²) in [7, 11) is 3.44. The number of fused-ring (bicyclic) bond motifs is 2. The summed E-state index contributed by atoms with van der Waals surface area (Å²) in [4.78, 5) is 69.0. The van der Waals surface area contributed by atoms with Crippen molar-refractivity contribution in [3.63, 3.8) is 0 Å². The van der Waals surface area contributed by atoms with Crippen molar-refractivity contribution in [2.45, 2.75) is 127 Å². The number of nitrogens with zero attached hydrogens (tertiary/aromatic N) is 5. The number of halogens is 2. The molecule has 4 unspecified atom stereocenters. The predicted molar refractivity (Wildman–Crippen MR) is 257 cm³/mol. The molecule has 0 saturated carbocycles. The zero-order valence-electron chi connectivity index (χ0n) is 39.3. The van der Waals surface area contributed by atoms with Gasteiger partial charge in [0.05, 0.1) is 16.7 Å². The van der Waals surface area contributed by atoms with Gasteiger partial charge in [-0.1, -0.05) is 37.8 Å². The number of para-hydroxylation sites is 1. The van der Waals surface area contributed by atoms with Crippen molar-refractivity contribution in [3.05, 3.63) is 57.5 Å². The van der Waals surface area contributed by atoms with E-state index >= 15 is 0 Å². The number of hydrogen-bond acceptors (Lipinski definition) is 10. The zero-order valence-corrected chi connectivity index (χ0v) is 39.3. The van der Waals surface area contributed by atoms with Gasteiger partial charge in [-0.3, -0.25) is 39.0 Å². The van der Waals surface area contributed by atoms with Gasteiger partial charge in [-0.05, 0) is 87.7 Å². The largest absolute Gasteiger partial charge is 0.383 e. The lowest BCUT2D eigenvalue weighted by atomic mass is 9.86. The van der Waals surface area contributed by atoms with Gasteiger partial charge in [-0.25, -0.2) is 13.6 Å². The van der Waals surface area contributed by atoms with Crippen molar-refractivity contribution in [2.75, 3.05) is 63.1 Å². The number of nitrogens with one attached hydrogen (secondary N) is 6. The summed E-state index contributed by atoms with van der Waals surface area (Å²) in [6, 6.07) is 8.30. The standard InChI is InChI=1S/C49H69F2N11O5/c1-31(63)60-25-20-38(37(30-60)47(53)61-22-11-12-32-26-35(33(28-52)29-54-2)36(46(50)51)27-42(32)61)56-34-18-23-59(24-19-34)44(65)15-8-6-4-5-7-9-21-55-39-13-10-14-40-45(39)58(3)49(67)62(40)41-16-17-43(64)57-48(41)66/h10,13-14,26-28,33-34,37-38,41,46,52-56H,4-9,11-12,15-25,29-30H2,1-3H3,(H,57,64,66). The number of carbonyl (C=O) groups is 4. The van der Waals surface area contributed by atoms with Crippen LogP contribution < -0.4 is 31.9 Å². The molecule has 2 aromatic carbocycles. The lowest BCUT2D eigenvalue weighted by Gasteiger charge is -2.45. The van der Waals surface area contributed by atoms with E-state index in [4.69, 9.17) is 5.41 Å². The average Bonchev–Trinajstić information content (AvgIpc) is 3.57. The molecule has 0 spiro atoms. The van der Waals surface area contributed by atoms with E-state index < -0.39 is 24.3 Å². The molecular weight excluding hydrogens is 861 g/mol. The zero-order chi connectivity index (χ0) is 47.8. The van der Waals surface area contributed by atoms with Gasteiger partial charge in [0.15, 0.2) is 0 Å². The highest BCUT2D eigenvalue weighted by Gasteiger charge is 2.39. The Hall–Kier alpha value is -5.49. The first kappa shape index (κ1) is 49.4. The van der Waals surface area contributed by atoms with Gasteiger partial charge in [0.2, 0.25) is 23.6 Å². The molecule has 7 rings (SSSR count). The van der Waals surface area contributed by atoms with Crippen molar-refractivity contribution < 1.29 is 28.0 Å². The van der Waals surface area contributed by atoms with E-state index in [9.17, 15) is 38.2 Å². The van der Waals surface area contributed by atoms with Crippen LogP contribution in [0.25, 0.3) is 11.0 Å². The molecule has 364 valence electrons. The maximum Gasteiger partial charge on any atom is 0.329 e. The Bertz CT molecular complexity index is 2360. The number of imide groups is 1. The number of rotatable bonds is 19. The fourth-order valence-electron chi connectivity index (χ4n) is 10.7. The fourth-order valence-corrected chi connectivity index (χ4v) is 10.7. The Kier molecular flexibility index (Phi) is 16.6. The number of likely N-dealkylation sites (tertiary alicyclic amines) is 2. The Balaban J connectivity index is 0.844. The van der Waals surface area contributed by atoms with E-state index in [1.165, 1.54) is 16.8 Å². The number of aryl methyl sites for hydroxylation is 2. The third-order valence-electron chi connectivity index (χ3n) is 14.4. The van der Waals surface area contributed by atoms with Crippen molar-refractivity contribution in [1.29, 1.82) is 10.8 Å². The summed E-state index contributed by atoms with van der Waals surface area (Å²) < 4.78 is 32.2. The van der Waals surface area contributed by atoms with Gasteiger partial charge in [-0.15, -0.1) is 0 Å². The molecule has 18 heteroatoms. The van der Waals surface area contributed by atoms with Crippen LogP contribution in [-0.4, -0.2) is 120 Å². The number of carbonyl (C=O) groups excluding carboxylic acids is 4. The number of anilines is 2. The molecular formula is C49H69F2N11O5. The third-order valence-corrected chi connectivity index (χ3v) is 14.4. The number of aromatic nitrogens is 2. The molecule has 6 N–H and O–H groups in total. The summed E-state index contributed by atoms with van der Waals surface area (Å²) in [5.41, 5.74) is 3.76. The van der Waals surface area contributed by atoms with Crippen molar-refractivity contribution in [1.82, 2.24) is 34.9 Å². The highest BCUT2D eigenvalue weighted by molar-refractivity contribution is 6.01. The van der Waals surface area contributed by atoms with Crippen molar-refractivity contribution in [3.8, 4) is 0 Å². The molecule has 4 amide bonds. The molecule has 16 nitrogen and oxygen atoms in total. The number of unbranched alkanes of at least 4 members (excludes halogenated alkanes) is 5. The Morgan fingerprint density at radius 1 is 0.925 bits per heavy atom. The second-order valence-electron chi connectivity index (χ2n) is 18.8. The predicted octanol–water partition coefficient (Wildman–Crippen LogP) is 5.60. The second kappa shape index (κ2) is 22.5. The van der Waals surface area contributed by atoms with Crippen LogP contribution in [0.5, 0.6) is 0 Å². The fraction of sp³-hybridized carbons (Fsp3) is 0.612. The van der Waals surface area contributed by atoms with Crippen LogP contribution in [0.3, 0.4) is 0 Å². The lowest BCUT2D eigenvalue weighted by molar-refractivity contribution is -0.136. The number of imidazole rings is 1. The smallest absolute Gasteiger partial charge is 0.329 e. The summed E-state index contributed by atoms with van der Waals surface area (Å²) >= 11 is 0. The molecule has 3 aromatic rings.